The maximum Gasteiger partial charge on any atom is 0.209 e. The maximum atomic E-state index is 6.34. The van der Waals surface area contributed by atoms with Crippen LogP contribution in [-0.2, 0) is 13.1 Å². The number of nitrogens with zero attached hydrogens (tertiary/aromatic N) is 6. The Morgan fingerprint density at radius 1 is 1.20 bits per heavy atom. The largest absolute Gasteiger partial charge is 0.249 e. The number of tetrazole rings is 1. The van der Waals surface area contributed by atoms with Crippen LogP contribution in [-0.4, -0.2) is 30.0 Å². The molecule has 0 aliphatic rings. The standard InChI is InChI=1S/C13H13ClN6/c1-2-20-17-13(16-18-20)11-8-15-19(12(11)14)9-10-6-4-3-5-7-10/h3-8H,2,9H2,1H3. The van der Waals surface area contributed by atoms with Gasteiger partial charge in [0.2, 0.25) is 5.82 Å². The van der Waals surface area contributed by atoms with E-state index in [0.29, 0.717) is 29.6 Å². The molecule has 1 aromatic carbocycles. The molecule has 0 saturated heterocycles. The average Bonchev–Trinajstić information content (AvgIpc) is 3.08. The van der Waals surface area contributed by atoms with Crippen LogP contribution in [0.25, 0.3) is 11.4 Å². The van der Waals surface area contributed by atoms with Gasteiger partial charge in [0.15, 0.2) is 0 Å². The lowest BCUT2D eigenvalue weighted by atomic mass is 10.2. The summed E-state index contributed by atoms with van der Waals surface area (Å²) >= 11 is 6.34. The van der Waals surface area contributed by atoms with Crippen LogP contribution >= 0.6 is 11.6 Å². The van der Waals surface area contributed by atoms with Gasteiger partial charge in [0.1, 0.15) is 5.15 Å². The molecule has 0 bridgehead atoms. The van der Waals surface area contributed by atoms with E-state index in [1.807, 2.05) is 37.3 Å². The van der Waals surface area contributed by atoms with Gasteiger partial charge in [-0.05, 0) is 17.7 Å². The van der Waals surface area contributed by atoms with Crippen molar-refractivity contribution in [3.8, 4) is 11.4 Å². The van der Waals surface area contributed by atoms with Gasteiger partial charge in [-0.15, -0.1) is 10.2 Å². The van der Waals surface area contributed by atoms with E-state index in [4.69, 9.17) is 11.6 Å². The van der Waals surface area contributed by atoms with Gasteiger partial charge in [-0.3, -0.25) is 0 Å². The van der Waals surface area contributed by atoms with E-state index in [9.17, 15) is 0 Å². The number of benzene rings is 1. The third-order valence-corrected chi connectivity index (χ3v) is 3.33. The lowest BCUT2D eigenvalue weighted by Crippen LogP contribution is -2.01. The van der Waals surface area contributed by atoms with Gasteiger partial charge in [0.25, 0.3) is 0 Å². The van der Waals surface area contributed by atoms with Crippen molar-refractivity contribution >= 4 is 11.6 Å². The van der Waals surface area contributed by atoms with Crippen molar-refractivity contribution in [1.82, 2.24) is 30.0 Å². The second-order valence-electron chi connectivity index (χ2n) is 4.29. The Bertz CT molecular complexity index is 703. The Labute approximate surface area is 121 Å². The molecular formula is C13H13ClN6. The molecule has 0 N–H and O–H groups in total. The fraction of sp³-hybridized carbons (Fsp3) is 0.231. The second kappa shape index (κ2) is 5.42. The SMILES string of the molecule is CCn1nnc(-c2cnn(Cc3ccccc3)c2Cl)n1. The predicted molar refractivity (Wildman–Crippen MR) is 75.3 cm³/mol. The molecule has 0 radical (unpaired) electrons. The van der Waals surface area contributed by atoms with E-state index in [0.717, 1.165) is 5.56 Å². The zero-order valence-electron chi connectivity index (χ0n) is 10.9. The molecule has 0 amide bonds. The lowest BCUT2D eigenvalue weighted by molar-refractivity contribution is 0.553. The topological polar surface area (TPSA) is 61.4 Å². The van der Waals surface area contributed by atoms with Gasteiger partial charge in [-0.1, -0.05) is 41.9 Å². The highest BCUT2D eigenvalue weighted by molar-refractivity contribution is 6.32. The smallest absolute Gasteiger partial charge is 0.209 e. The first-order valence-electron chi connectivity index (χ1n) is 6.31. The molecule has 0 aliphatic carbocycles. The maximum absolute atomic E-state index is 6.34. The van der Waals surface area contributed by atoms with Gasteiger partial charge in [-0.2, -0.15) is 9.90 Å². The number of aromatic nitrogens is 6. The van der Waals surface area contributed by atoms with Crippen molar-refractivity contribution in [3.63, 3.8) is 0 Å². The van der Waals surface area contributed by atoms with E-state index in [-0.39, 0.29) is 0 Å². The fourth-order valence-corrected chi connectivity index (χ4v) is 2.11. The summed E-state index contributed by atoms with van der Waals surface area (Å²) in [5.74, 6) is 0.496. The zero-order chi connectivity index (χ0) is 13.9. The summed E-state index contributed by atoms with van der Waals surface area (Å²) in [6, 6.07) is 10.0. The predicted octanol–water partition coefficient (Wildman–Crippen LogP) is 2.26. The third kappa shape index (κ3) is 2.42. The van der Waals surface area contributed by atoms with Crippen LogP contribution in [0.3, 0.4) is 0 Å². The summed E-state index contributed by atoms with van der Waals surface area (Å²) in [5.41, 5.74) is 1.83. The van der Waals surface area contributed by atoms with Crippen molar-refractivity contribution in [3.05, 3.63) is 47.2 Å². The van der Waals surface area contributed by atoms with Crippen LogP contribution in [0.5, 0.6) is 0 Å². The first kappa shape index (κ1) is 12.8. The minimum absolute atomic E-state index is 0.496. The minimum Gasteiger partial charge on any atom is -0.249 e. The molecule has 0 atom stereocenters. The average molecular weight is 289 g/mol. The normalized spacial score (nSPS) is 10.9. The van der Waals surface area contributed by atoms with E-state index in [1.165, 1.54) is 4.80 Å². The van der Waals surface area contributed by atoms with Crippen LogP contribution in [0.1, 0.15) is 12.5 Å². The summed E-state index contributed by atoms with van der Waals surface area (Å²) in [4.78, 5) is 1.51. The molecule has 102 valence electrons. The summed E-state index contributed by atoms with van der Waals surface area (Å²) in [6.07, 6.45) is 1.67. The molecule has 7 heteroatoms. The number of hydrogen-bond acceptors (Lipinski definition) is 4. The summed E-state index contributed by atoms with van der Waals surface area (Å²) in [6.45, 7) is 3.23. The second-order valence-corrected chi connectivity index (χ2v) is 4.65. The molecule has 3 aromatic rings. The van der Waals surface area contributed by atoms with Gasteiger partial charge in [0, 0.05) is 0 Å². The van der Waals surface area contributed by atoms with Crippen molar-refractivity contribution < 1.29 is 0 Å². The van der Waals surface area contributed by atoms with E-state index < -0.39 is 0 Å². The lowest BCUT2D eigenvalue weighted by Gasteiger charge is -2.03. The first-order valence-corrected chi connectivity index (χ1v) is 6.69. The molecule has 3 rings (SSSR count). The van der Waals surface area contributed by atoms with Gasteiger partial charge < -0.3 is 0 Å². The number of aryl methyl sites for hydroxylation is 1. The van der Waals surface area contributed by atoms with Crippen LogP contribution in [0, 0.1) is 0 Å². The van der Waals surface area contributed by atoms with Crippen LogP contribution in [0.2, 0.25) is 5.15 Å². The summed E-state index contributed by atoms with van der Waals surface area (Å²) in [5, 5.41) is 17.0. The molecular weight excluding hydrogens is 276 g/mol. The van der Waals surface area contributed by atoms with Crippen molar-refractivity contribution in [2.24, 2.45) is 0 Å². The van der Waals surface area contributed by atoms with Crippen LogP contribution in [0.4, 0.5) is 0 Å². The van der Waals surface area contributed by atoms with Gasteiger partial charge >= 0.3 is 0 Å². The number of halogens is 1. The highest BCUT2D eigenvalue weighted by atomic mass is 35.5. The quantitative estimate of drug-likeness (QED) is 0.739. The summed E-state index contributed by atoms with van der Waals surface area (Å²) < 4.78 is 1.72. The van der Waals surface area contributed by atoms with E-state index in [1.54, 1.807) is 10.9 Å². The Kier molecular flexibility index (Phi) is 3.47. The van der Waals surface area contributed by atoms with Crippen molar-refractivity contribution in [2.75, 3.05) is 0 Å². The monoisotopic (exact) mass is 288 g/mol. The molecule has 2 aromatic heterocycles. The number of rotatable bonds is 4. The molecule has 0 saturated carbocycles. The van der Waals surface area contributed by atoms with Crippen molar-refractivity contribution in [1.29, 1.82) is 0 Å². The van der Waals surface area contributed by atoms with Crippen molar-refractivity contribution in [2.45, 2.75) is 20.0 Å². The molecule has 0 spiro atoms. The molecule has 6 nitrogen and oxygen atoms in total. The van der Waals surface area contributed by atoms with Gasteiger partial charge in [0.05, 0.1) is 24.8 Å². The molecule has 0 aliphatic heterocycles. The first-order chi connectivity index (χ1) is 9.78. The highest BCUT2D eigenvalue weighted by Gasteiger charge is 2.15. The molecule has 0 fully saturated rings. The Morgan fingerprint density at radius 2 is 2.00 bits per heavy atom. The summed E-state index contributed by atoms with van der Waals surface area (Å²) in [7, 11) is 0. The molecule has 2 heterocycles. The third-order valence-electron chi connectivity index (χ3n) is 2.93. The Morgan fingerprint density at radius 3 is 2.70 bits per heavy atom. The van der Waals surface area contributed by atoms with Crippen LogP contribution < -0.4 is 0 Å². The minimum atomic E-state index is 0.496. The van der Waals surface area contributed by atoms with E-state index in [2.05, 4.69) is 20.5 Å². The van der Waals surface area contributed by atoms with E-state index >= 15 is 0 Å². The number of hydrogen-bond donors (Lipinski definition) is 0. The Hall–Kier alpha value is -2.21. The fourth-order valence-electron chi connectivity index (χ4n) is 1.87. The highest BCUT2D eigenvalue weighted by Crippen LogP contribution is 2.24. The van der Waals surface area contributed by atoms with Gasteiger partial charge in [-0.25, -0.2) is 4.68 Å². The molecule has 20 heavy (non-hydrogen) atoms. The van der Waals surface area contributed by atoms with Crippen LogP contribution in [0.15, 0.2) is 36.5 Å². The Balaban J connectivity index is 1.88. The molecule has 0 unspecified atom stereocenters. The zero-order valence-corrected chi connectivity index (χ0v) is 11.7.